The van der Waals surface area contributed by atoms with Gasteiger partial charge in [0.25, 0.3) is 0 Å². The fourth-order valence-corrected chi connectivity index (χ4v) is 2.99. The standard InChI is InChI=1S/C16H23ClN2O2/c17-15-3-1-2-13(10-15)4-7-18-16(21)12-19-8-5-14(11-19)6-9-20/h1-3,10,14,20H,4-9,11-12H2,(H,18,21). The second kappa shape index (κ2) is 8.37. The highest BCUT2D eigenvalue weighted by molar-refractivity contribution is 6.30. The Morgan fingerprint density at radius 2 is 2.33 bits per heavy atom. The number of nitrogens with zero attached hydrogens (tertiary/aromatic N) is 1. The number of hydrogen-bond donors (Lipinski definition) is 2. The molecule has 1 amide bonds. The number of carbonyl (C=O) groups excluding carboxylic acids is 1. The van der Waals surface area contributed by atoms with Crippen LogP contribution in [0.2, 0.25) is 5.02 Å². The fourth-order valence-electron chi connectivity index (χ4n) is 2.77. The number of nitrogens with one attached hydrogen (secondary N) is 1. The smallest absolute Gasteiger partial charge is 0.234 e. The molecule has 0 spiro atoms. The summed E-state index contributed by atoms with van der Waals surface area (Å²) in [5, 5.41) is 12.6. The quantitative estimate of drug-likeness (QED) is 0.806. The zero-order valence-corrected chi connectivity index (χ0v) is 13.0. The fraction of sp³-hybridized carbons (Fsp3) is 0.562. The van der Waals surface area contributed by atoms with E-state index in [4.69, 9.17) is 16.7 Å². The van der Waals surface area contributed by atoms with Gasteiger partial charge in [0.05, 0.1) is 6.54 Å². The van der Waals surface area contributed by atoms with Crippen LogP contribution in [0.15, 0.2) is 24.3 Å². The Kier molecular flexibility index (Phi) is 6.49. The molecule has 1 unspecified atom stereocenters. The summed E-state index contributed by atoms with van der Waals surface area (Å²) in [5.74, 6) is 0.607. The Labute approximate surface area is 131 Å². The molecule has 1 aromatic carbocycles. The second-order valence-corrected chi connectivity index (χ2v) is 6.07. The minimum absolute atomic E-state index is 0.0710. The second-order valence-electron chi connectivity index (χ2n) is 5.63. The summed E-state index contributed by atoms with van der Waals surface area (Å²) in [4.78, 5) is 14.1. The lowest BCUT2D eigenvalue weighted by Gasteiger charge is -2.15. The maximum Gasteiger partial charge on any atom is 0.234 e. The van der Waals surface area contributed by atoms with Crippen molar-refractivity contribution >= 4 is 17.5 Å². The van der Waals surface area contributed by atoms with E-state index in [1.54, 1.807) is 0 Å². The van der Waals surface area contributed by atoms with Gasteiger partial charge in [-0.15, -0.1) is 0 Å². The molecule has 21 heavy (non-hydrogen) atoms. The number of hydrogen-bond acceptors (Lipinski definition) is 3. The highest BCUT2D eigenvalue weighted by atomic mass is 35.5. The van der Waals surface area contributed by atoms with Crippen molar-refractivity contribution in [3.63, 3.8) is 0 Å². The molecule has 0 saturated carbocycles. The third-order valence-electron chi connectivity index (χ3n) is 3.90. The van der Waals surface area contributed by atoms with E-state index in [0.29, 0.717) is 19.0 Å². The van der Waals surface area contributed by atoms with Gasteiger partial charge in [0.2, 0.25) is 5.91 Å². The van der Waals surface area contributed by atoms with Gasteiger partial charge in [0.1, 0.15) is 0 Å². The van der Waals surface area contributed by atoms with Gasteiger partial charge in [-0.3, -0.25) is 9.69 Å². The van der Waals surface area contributed by atoms with E-state index >= 15 is 0 Å². The number of benzene rings is 1. The largest absolute Gasteiger partial charge is 0.396 e. The van der Waals surface area contributed by atoms with Crippen LogP contribution in [0.5, 0.6) is 0 Å². The van der Waals surface area contributed by atoms with Gasteiger partial charge >= 0.3 is 0 Å². The number of rotatable bonds is 7. The van der Waals surface area contributed by atoms with Crippen molar-refractivity contribution in [2.45, 2.75) is 19.3 Å². The van der Waals surface area contributed by atoms with Crippen LogP contribution >= 0.6 is 11.6 Å². The van der Waals surface area contributed by atoms with Crippen LogP contribution in [0, 0.1) is 5.92 Å². The molecule has 1 aliphatic rings. The van der Waals surface area contributed by atoms with E-state index in [1.807, 2.05) is 24.3 Å². The molecular formula is C16H23ClN2O2. The summed E-state index contributed by atoms with van der Waals surface area (Å²) in [7, 11) is 0. The highest BCUT2D eigenvalue weighted by Crippen LogP contribution is 2.18. The lowest BCUT2D eigenvalue weighted by molar-refractivity contribution is -0.122. The molecule has 0 aliphatic carbocycles. The summed E-state index contributed by atoms with van der Waals surface area (Å²) >= 11 is 5.93. The predicted molar refractivity (Wildman–Crippen MR) is 84.4 cm³/mol. The zero-order chi connectivity index (χ0) is 15.1. The van der Waals surface area contributed by atoms with Crippen LogP contribution in [-0.2, 0) is 11.2 Å². The SMILES string of the molecule is O=C(CN1CCC(CCO)C1)NCCc1cccc(Cl)c1. The molecule has 1 fully saturated rings. The Bertz CT molecular complexity index is 467. The predicted octanol–water partition coefficient (Wildman–Crippen LogP) is 1.70. The van der Waals surface area contributed by atoms with Crippen LogP contribution in [0.1, 0.15) is 18.4 Å². The van der Waals surface area contributed by atoms with E-state index in [2.05, 4.69) is 10.2 Å². The topological polar surface area (TPSA) is 52.6 Å². The van der Waals surface area contributed by atoms with Gasteiger partial charge in [-0.1, -0.05) is 23.7 Å². The number of halogens is 1. The average molecular weight is 311 g/mol. The summed E-state index contributed by atoms with van der Waals surface area (Å²) < 4.78 is 0. The van der Waals surface area contributed by atoms with Gasteiger partial charge in [-0.05, 0) is 49.4 Å². The Morgan fingerprint density at radius 3 is 3.10 bits per heavy atom. The van der Waals surface area contributed by atoms with Crippen LogP contribution in [0.25, 0.3) is 0 Å². The molecule has 0 bridgehead atoms. The highest BCUT2D eigenvalue weighted by Gasteiger charge is 2.23. The molecule has 1 saturated heterocycles. The third-order valence-corrected chi connectivity index (χ3v) is 4.13. The molecular weight excluding hydrogens is 288 g/mol. The van der Waals surface area contributed by atoms with Gasteiger partial charge in [-0.2, -0.15) is 0 Å². The molecule has 1 aliphatic heterocycles. The van der Waals surface area contributed by atoms with Gasteiger partial charge in [-0.25, -0.2) is 0 Å². The van der Waals surface area contributed by atoms with Crippen LogP contribution in [-0.4, -0.2) is 48.7 Å². The van der Waals surface area contributed by atoms with E-state index in [0.717, 1.165) is 42.9 Å². The van der Waals surface area contributed by atoms with Crippen molar-refractivity contribution < 1.29 is 9.90 Å². The first kappa shape index (κ1) is 16.3. The molecule has 1 heterocycles. The lowest BCUT2D eigenvalue weighted by Crippen LogP contribution is -2.37. The van der Waals surface area contributed by atoms with Crippen LogP contribution < -0.4 is 5.32 Å². The van der Waals surface area contributed by atoms with E-state index < -0.39 is 0 Å². The van der Waals surface area contributed by atoms with Crippen molar-refractivity contribution in [3.05, 3.63) is 34.9 Å². The normalized spacial score (nSPS) is 18.9. The summed E-state index contributed by atoms with van der Waals surface area (Å²) in [6.45, 7) is 3.20. The minimum atomic E-state index is 0.0710. The Hall–Kier alpha value is -1.10. The lowest BCUT2D eigenvalue weighted by atomic mass is 10.1. The Morgan fingerprint density at radius 1 is 1.48 bits per heavy atom. The molecule has 0 aromatic heterocycles. The number of aliphatic hydroxyl groups is 1. The molecule has 2 N–H and O–H groups in total. The van der Waals surface area contributed by atoms with Gasteiger partial charge in [0.15, 0.2) is 0 Å². The number of carbonyl (C=O) groups is 1. The first-order valence-corrected chi connectivity index (χ1v) is 7.89. The summed E-state index contributed by atoms with van der Waals surface area (Å²) in [6.07, 6.45) is 2.71. The first-order chi connectivity index (χ1) is 10.2. The van der Waals surface area contributed by atoms with Crippen molar-refractivity contribution in [2.75, 3.05) is 32.8 Å². The number of likely N-dealkylation sites (tertiary alicyclic amines) is 1. The number of aliphatic hydroxyl groups excluding tert-OH is 1. The van der Waals surface area contributed by atoms with Crippen LogP contribution in [0.3, 0.4) is 0 Å². The summed E-state index contributed by atoms with van der Waals surface area (Å²) in [6, 6.07) is 7.70. The van der Waals surface area contributed by atoms with Crippen molar-refractivity contribution in [2.24, 2.45) is 5.92 Å². The molecule has 116 valence electrons. The van der Waals surface area contributed by atoms with Gasteiger partial charge < -0.3 is 10.4 Å². The third kappa shape index (κ3) is 5.65. The maximum atomic E-state index is 11.9. The van der Waals surface area contributed by atoms with Crippen LogP contribution in [0.4, 0.5) is 0 Å². The molecule has 4 nitrogen and oxygen atoms in total. The average Bonchev–Trinajstić information content (AvgIpc) is 2.86. The first-order valence-electron chi connectivity index (χ1n) is 7.51. The maximum absolute atomic E-state index is 11.9. The van der Waals surface area contributed by atoms with E-state index in [1.165, 1.54) is 0 Å². The molecule has 0 radical (unpaired) electrons. The molecule has 1 atom stereocenters. The van der Waals surface area contributed by atoms with E-state index in [-0.39, 0.29) is 12.5 Å². The van der Waals surface area contributed by atoms with Crippen molar-refractivity contribution in [1.82, 2.24) is 10.2 Å². The van der Waals surface area contributed by atoms with E-state index in [9.17, 15) is 4.79 Å². The minimum Gasteiger partial charge on any atom is -0.396 e. The van der Waals surface area contributed by atoms with Crippen molar-refractivity contribution in [1.29, 1.82) is 0 Å². The van der Waals surface area contributed by atoms with Gasteiger partial charge in [0, 0.05) is 24.7 Å². The molecule has 2 rings (SSSR count). The monoisotopic (exact) mass is 310 g/mol. The Balaban J connectivity index is 1.64. The van der Waals surface area contributed by atoms with Crippen molar-refractivity contribution in [3.8, 4) is 0 Å². The number of amides is 1. The zero-order valence-electron chi connectivity index (χ0n) is 12.2. The summed E-state index contributed by atoms with van der Waals surface area (Å²) in [5.41, 5.74) is 1.13. The molecule has 1 aromatic rings. The molecule has 5 heteroatoms.